The van der Waals surface area contributed by atoms with E-state index in [1.807, 2.05) is 0 Å². The van der Waals surface area contributed by atoms with Crippen LogP contribution in [-0.2, 0) is 26.9 Å². The van der Waals surface area contributed by atoms with Gasteiger partial charge in [0.1, 0.15) is 23.5 Å². The Morgan fingerprint density at radius 3 is 2.48 bits per heavy atom. The Bertz CT molecular complexity index is 1760. The molecule has 242 valence electrons. The van der Waals surface area contributed by atoms with Crippen LogP contribution in [-0.4, -0.2) is 59.1 Å². The summed E-state index contributed by atoms with van der Waals surface area (Å²) < 4.78 is 45.8. The summed E-state index contributed by atoms with van der Waals surface area (Å²) in [5, 5.41) is 23.7. The van der Waals surface area contributed by atoms with Gasteiger partial charge in [0.2, 0.25) is 5.91 Å². The van der Waals surface area contributed by atoms with Crippen LogP contribution >= 0.6 is 23.2 Å². The Morgan fingerprint density at radius 1 is 1.09 bits per heavy atom. The third-order valence-corrected chi connectivity index (χ3v) is 8.80. The fourth-order valence-electron chi connectivity index (χ4n) is 5.79. The number of phenolic OH excluding ortho intramolecular Hbond substituents is 1. The van der Waals surface area contributed by atoms with Gasteiger partial charge in [-0.3, -0.25) is 14.4 Å². The van der Waals surface area contributed by atoms with Crippen molar-refractivity contribution in [3.8, 4) is 34.2 Å². The molecule has 2 fully saturated rings. The quantitative estimate of drug-likeness (QED) is 0.294. The molecular formula is C32H29Cl2F3N4O5. The van der Waals surface area contributed by atoms with Crippen molar-refractivity contribution >= 4 is 35.0 Å². The van der Waals surface area contributed by atoms with E-state index in [1.165, 1.54) is 18.2 Å². The number of hydrogen-bond donors (Lipinski definition) is 3. The van der Waals surface area contributed by atoms with Crippen LogP contribution in [0.3, 0.4) is 0 Å². The number of H-pyrrole nitrogens is 1. The highest BCUT2D eigenvalue weighted by Gasteiger charge is 2.33. The van der Waals surface area contributed by atoms with Crippen molar-refractivity contribution in [3.63, 3.8) is 0 Å². The average molecular weight is 678 g/mol. The highest BCUT2D eigenvalue weighted by atomic mass is 35.5. The third kappa shape index (κ3) is 7.17. The molecule has 2 aliphatic rings. The number of aromatic amines is 1. The van der Waals surface area contributed by atoms with Crippen LogP contribution in [0.5, 0.6) is 5.75 Å². The zero-order chi connectivity index (χ0) is 33.2. The third-order valence-electron chi connectivity index (χ3n) is 8.25. The van der Waals surface area contributed by atoms with Crippen LogP contribution in [0.15, 0.2) is 41.2 Å². The van der Waals surface area contributed by atoms with Crippen molar-refractivity contribution in [1.29, 1.82) is 5.26 Å². The molecule has 2 aliphatic heterocycles. The van der Waals surface area contributed by atoms with Crippen molar-refractivity contribution in [1.82, 2.24) is 15.2 Å². The number of benzene rings is 2. The Kier molecular flexibility index (Phi) is 9.96. The van der Waals surface area contributed by atoms with E-state index in [0.717, 1.165) is 24.6 Å². The molecule has 1 atom stereocenters. The summed E-state index contributed by atoms with van der Waals surface area (Å²) in [7, 11) is 0. The Morgan fingerprint density at radius 2 is 1.83 bits per heavy atom. The van der Waals surface area contributed by atoms with Gasteiger partial charge < -0.3 is 25.0 Å². The molecule has 0 bridgehead atoms. The Hall–Kier alpha value is -4.05. The highest BCUT2D eigenvalue weighted by molar-refractivity contribution is 6.33. The van der Waals surface area contributed by atoms with E-state index in [-0.39, 0.29) is 68.9 Å². The van der Waals surface area contributed by atoms with Gasteiger partial charge in [-0.25, -0.2) is 0 Å². The molecule has 1 unspecified atom stereocenters. The van der Waals surface area contributed by atoms with Gasteiger partial charge in [-0.05, 0) is 74.1 Å². The molecule has 3 N–H and O–H groups in total. The maximum Gasteiger partial charge on any atom is 0.416 e. The van der Waals surface area contributed by atoms with Crippen molar-refractivity contribution in [2.24, 2.45) is 5.92 Å². The Balaban J connectivity index is 1.32. The van der Waals surface area contributed by atoms with E-state index in [1.54, 1.807) is 11.0 Å². The fourth-order valence-corrected chi connectivity index (χ4v) is 6.25. The molecule has 2 saturated heterocycles. The zero-order valence-electron chi connectivity index (χ0n) is 24.3. The second-order valence-electron chi connectivity index (χ2n) is 11.2. The summed E-state index contributed by atoms with van der Waals surface area (Å²) in [6.45, 7) is 1.66. The molecule has 0 radical (unpaired) electrons. The molecule has 2 amide bonds. The minimum atomic E-state index is -4.70. The van der Waals surface area contributed by atoms with E-state index in [2.05, 4.69) is 10.3 Å². The van der Waals surface area contributed by atoms with Gasteiger partial charge in [0.15, 0.2) is 0 Å². The number of alkyl halides is 3. The van der Waals surface area contributed by atoms with E-state index in [9.17, 15) is 37.9 Å². The number of ether oxygens (including phenoxy) is 1. The molecule has 1 aromatic heterocycles. The van der Waals surface area contributed by atoms with E-state index in [4.69, 9.17) is 27.9 Å². The fraction of sp³-hybridized carbons (Fsp3) is 0.375. The molecule has 0 saturated carbocycles. The predicted octanol–water partition coefficient (Wildman–Crippen LogP) is 5.69. The number of aromatic nitrogens is 1. The number of nitrogens with zero attached hydrogens (tertiary/aromatic N) is 2. The molecular weight excluding hydrogens is 648 g/mol. The first-order valence-electron chi connectivity index (χ1n) is 14.6. The number of carbonyl (C=O) groups is 2. The number of rotatable bonds is 7. The van der Waals surface area contributed by atoms with Crippen LogP contribution in [0.1, 0.15) is 42.4 Å². The van der Waals surface area contributed by atoms with Gasteiger partial charge in [-0.1, -0.05) is 23.2 Å². The summed E-state index contributed by atoms with van der Waals surface area (Å²) in [5.74, 6) is -0.759. The zero-order valence-corrected chi connectivity index (χ0v) is 25.9. The van der Waals surface area contributed by atoms with Crippen LogP contribution in [0.25, 0.3) is 22.4 Å². The number of pyridine rings is 1. The molecule has 9 nitrogen and oxygen atoms in total. The lowest BCUT2D eigenvalue weighted by Gasteiger charge is -2.32. The SMILES string of the molecule is N#Cc1c(-c2cc(C(F)(F)F)ccc2Cl)cc(-c2cc(Cl)cc(CCNC(=O)C3CCN(C(=O)C4CCCO4)CC3)c2O)[nH]c1=O. The van der Waals surface area contributed by atoms with E-state index < -0.39 is 29.0 Å². The second-order valence-corrected chi connectivity index (χ2v) is 12.1. The first-order valence-corrected chi connectivity index (χ1v) is 15.4. The number of halogens is 5. The average Bonchev–Trinajstić information content (AvgIpc) is 3.57. The number of hydrogen-bond acceptors (Lipinski definition) is 6. The maximum atomic E-state index is 13.4. The van der Waals surface area contributed by atoms with Crippen molar-refractivity contribution < 1.29 is 32.6 Å². The van der Waals surface area contributed by atoms with Crippen LogP contribution in [0, 0.1) is 17.2 Å². The van der Waals surface area contributed by atoms with E-state index in [0.29, 0.717) is 44.5 Å². The summed E-state index contributed by atoms with van der Waals surface area (Å²) >= 11 is 12.6. The topological polar surface area (TPSA) is 136 Å². The summed E-state index contributed by atoms with van der Waals surface area (Å²) in [5.41, 5.74) is -2.35. The summed E-state index contributed by atoms with van der Waals surface area (Å²) in [6, 6.07) is 8.39. The molecule has 3 heterocycles. The van der Waals surface area contributed by atoms with Gasteiger partial charge in [0.25, 0.3) is 11.5 Å². The Labute approximate surface area is 271 Å². The molecule has 5 rings (SSSR count). The number of likely N-dealkylation sites (tertiary alicyclic amines) is 1. The van der Waals surface area contributed by atoms with Gasteiger partial charge in [0.05, 0.1) is 11.3 Å². The number of nitrogens with one attached hydrogen (secondary N) is 2. The van der Waals surface area contributed by atoms with Gasteiger partial charge >= 0.3 is 6.18 Å². The molecule has 0 spiro atoms. The molecule has 2 aromatic carbocycles. The van der Waals surface area contributed by atoms with Gasteiger partial charge in [-0.2, -0.15) is 18.4 Å². The van der Waals surface area contributed by atoms with Gasteiger partial charge in [-0.15, -0.1) is 0 Å². The van der Waals surface area contributed by atoms with E-state index >= 15 is 0 Å². The largest absolute Gasteiger partial charge is 0.507 e. The monoisotopic (exact) mass is 676 g/mol. The lowest BCUT2D eigenvalue weighted by Crippen LogP contribution is -2.46. The smallest absolute Gasteiger partial charge is 0.416 e. The van der Waals surface area contributed by atoms with Crippen LogP contribution in [0.2, 0.25) is 10.0 Å². The predicted molar refractivity (Wildman–Crippen MR) is 164 cm³/mol. The molecule has 0 aliphatic carbocycles. The minimum Gasteiger partial charge on any atom is -0.507 e. The number of phenols is 1. The van der Waals surface area contributed by atoms with Crippen LogP contribution < -0.4 is 10.9 Å². The number of aromatic hydroxyl groups is 1. The lowest BCUT2D eigenvalue weighted by atomic mass is 9.95. The van der Waals surface area contributed by atoms with Crippen LogP contribution in [0.4, 0.5) is 13.2 Å². The maximum absolute atomic E-state index is 13.4. The summed E-state index contributed by atoms with van der Waals surface area (Å²) in [4.78, 5) is 42.6. The molecule has 14 heteroatoms. The van der Waals surface area contributed by atoms with Gasteiger partial charge in [0, 0.05) is 58.9 Å². The van der Waals surface area contributed by atoms with Crippen molar-refractivity contribution in [2.45, 2.75) is 44.4 Å². The lowest BCUT2D eigenvalue weighted by molar-refractivity contribution is -0.143. The van der Waals surface area contributed by atoms with Crippen molar-refractivity contribution in [3.05, 3.63) is 73.5 Å². The number of amides is 2. The normalized spacial score (nSPS) is 17.1. The molecule has 3 aromatic rings. The second kappa shape index (κ2) is 13.7. The molecule has 46 heavy (non-hydrogen) atoms. The first-order chi connectivity index (χ1) is 21.9. The van der Waals surface area contributed by atoms with Crippen molar-refractivity contribution in [2.75, 3.05) is 26.2 Å². The highest BCUT2D eigenvalue weighted by Crippen LogP contribution is 2.39. The number of nitriles is 1. The first kappa shape index (κ1) is 33.3. The standard InChI is InChI=1S/C32H29Cl2F3N4O5/c33-20-12-18(5-8-39-29(43)17-6-9-41(10-7-17)31(45)27-2-1-11-46-27)28(42)23(14-20)26-15-21(24(16-38)30(44)40-26)22-13-19(32(35,36)37)3-4-25(22)34/h3-4,12-15,17,27,42H,1-2,5-11H2,(H,39,43)(H,40,44). The number of carbonyl (C=O) groups excluding carboxylic acids is 2. The number of piperidine rings is 1. The summed E-state index contributed by atoms with van der Waals surface area (Å²) in [6.07, 6.45) is -2.33. The minimum absolute atomic E-state index is 0.0120.